The number of carbonyl (C=O) groups excluding carboxylic acids is 1. The van der Waals surface area contributed by atoms with Crippen LogP contribution in [0.3, 0.4) is 0 Å². The fraction of sp³-hybridized carbons (Fsp3) is 0.360. The summed E-state index contributed by atoms with van der Waals surface area (Å²) in [5.74, 6) is 0.710. The van der Waals surface area contributed by atoms with Gasteiger partial charge < -0.3 is 10.1 Å². The van der Waals surface area contributed by atoms with E-state index in [1.807, 2.05) is 61.0 Å². The van der Waals surface area contributed by atoms with Crippen molar-refractivity contribution in [2.24, 2.45) is 0 Å². The molecule has 1 N–H and O–H groups in total. The zero-order valence-electron chi connectivity index (χ0n) is 18.5. The zero-order chi connectivity index (χ0) is 21.7. The van der Waals surface area contributed by atoms with Crippen LogP contribution < -0.4 is 10.1 Å². The third-order valence-corrected chi connectivity index (χ3v) is 5.16. The van der Waals surface area contributed by atoms with Crippen LogP contribution in [0.1, 0.15) is 67.8 Å². The van der Waals surface area contributed by atoms with Crippen LogP contribution >= 0.6 is 0 Å². The Morgan fingerprint density at radius 3 is 2.53 bits per heavy atom. The van der Waals surface area contributed by atoms with Gasteiger partial charge in [-0.2, -0.15) is 5.10 Å². The molecule has 2 aromatic carbocycles. The van der Waals surface area contributed by atoms with Crippen LogP contribution in [0.4, 0.5) is 0 Å². The first-order valence-corrected chi connectivity index (χ1v) is 10.4. The third kappa shape index (κ3) is 5.29. The number of hydrogen-bond donors (Lipinski definition) is 1. The molecule has 1 heterocycles. The molecule has 1 amide bonds. The first kappa shape index (κ1) is 21.6. The fourth-order valence-corrected chi connectivity index (χ4v) is 3.35. The number of rotatable bonds is 7. The van der Waals surface area contributed by atoms with E-state index < -0.39 is 0 Å². The Kier molecular flexibility index (Phi) is 6.60. The first-order chi connectivity index (χ1) is 14.3. The molecule has 5 nitrogen and oxygen atoms in total. The van der Waals surface area contributed by atoms with E-state index in [1.54, 1.807) is 6.20 Å². The van der Waals surface area contributed by atoms with Gasteiger partial charge in [-0.05, 0) is 60.7 Å². The molecule has 158 valence electrons. The number of aryl methyl sites for hydroxylation is 1. The highest BCUT2D eigenvalue weighted by atomic mass is 16.5. The summed E-state index contributed by atoms with van der Waals surface area (Å²) in [5, 5.41) is 7.32. The lowest BCUT2D eigenvalue weighted by Crippen LogP contribution is -2.28. The molecule has 3 rings (SSSR count). The van der Waals surface area contributed by atoms with Gasteiger partial charge >= 0.3 is 0 Å². The minimum atomic E-state index is -0.124. The minimum absolute atomic E-state index is 0.109. The van der Waals surface area contributed by atoms with E-state index in [9.17, 15) is 4.79 Å². The van der Waals surface area contributed by atoms with Gasteiger partial charge in [0.25, 0.3) is 5.91 Å². The smallest absolute Gasteiger partial charge is 0.251 e. The van der Waals surface area contributed by atoms with Crippen molar-refractivity contribution < 1.29 is 9.53 Å². The molecule has 0 fully saturated rings. The van der Waals surface area contributed by atoms with E-state index in [0.29, 0.717) is 12.2 Å². The molecule has 0 aliphatic carbocycles. The number of carbonyl (C=O) groups is 1. The highest BCUT2D eigenvalue weighted by Gasteiger charge is 2.15. The van der Waals surface area contributed by atoms with Crippen molar-refractivity contribution in [3.8, 4) is 5.75 Å². The third-order valence-electron chi connectivity index (χ3n) is 5.16. The summed E-state index contributed by atoms with van der Waals surface area (Å²) in [4.78, 5) is 12.7. The van der Waals surface area contributed by atoms with Gasteiger partial charge in [0.15, 0.2) is 0 Å². The van der Waals surface area contributed by atoms with Gasteiger partial charge in [-0.3, -0.25) is 9.48 Å². The minimum Gasteiger partial charge on any atom is -0.489 e. The summed E-state index contributed by atoms with van der Waals surface area (Å²) in [6.45, 7) is 11.8. The summed E-state index contributed by atoms with van der Waals surface area (Å²) in [6.07, 6.45) is 1.76. The van der Waals surface area contributed by atoms with Crippen molar-refractivity contribution in [3.63, 3.8) is 0 Å². The van der Waals surface area contributed by atoms with Crippen molar-refractivity contribution >= 4 is 5.91 Å². The summed E-state index contributed by atoms with van der Waals surface area (Å²) < 4.78 is 7.81. The molecule has 30 heavy (non-hydrogen) atoms. The number of amides is 1. The molecule has 1 atom stereocenters. The lowest BCUT2D eigenvalue weighted by molar-refractivity contribution is 0.0938. The average molecular weight is 406 g/mol. The first-order valence-electron chi connectivity index (χ1n) is 10.4. The van der Waals surface area contributed by atoms with E-state index in [4.69, 9.17) is 4.74 Å². The van der Waals surface area contributed by atoms with Crippen molar-refractivity contribution in [2.45, 2.75) is 59.2 Å². The number of hydrogen-bond acceptors (Lipinski definition) is 3. The van der Waals surface area contributed by atoms with Crippen LogP contribution in [0.15, 0.2) is 60.8 Å². The molecular formula is C25H31N3O2. The predicted octanol–water partition coefficient (Wildman–Crippen LogP) is 5.27. The molecule has 3 aromatic rings. The average Bonchev–Trinajstić information content (AvgIpc) is 3.21. The quantitative estimate of drug-likeness (QED) is 0.582. The topological polar surface area (TPSA) is 56.2 Å². The number of benzene rings is 2. The monoisotopic (exact) mass is 405 g/mol. The predicted molar refractivity (Wildman–Crippen MR) is 120 cm³/mol. The van der Waals surface area contributed by atoms with Crippen LogP contribution in [0.5, 0.6) is 5.75 Å². The standard InChI is InChI=1S/C25H31N3O2/c1-6-28-23(14-15-26-28)18(2)27-24(29)20-9-7-8-19(16-20)17-30-22-12-10-21(11-13-22)25(3,4)5/h7-16,18H,6,17H2,1-5H3,(H,27,29). The molecule has 1 aromatic heterocycles. The molecule has 0 aliphatic rings. The number of ether oxygens (including phenoxy) is 1. The normalized spacial score (nSPS) is 12.4. The SMILES string of the molecule is CCn1nccc1C(C)NC(=O)c1cccc(COc2ccc(C(C)(C)C)cc2)c1. The molecule has 0 aliphatic heterocycles. The highest BCUT2D eigenvalue weighted by molar-refractivity contribution is 5.94. The van der Waals surface area contributed by atoms with Crippen molar-refractivity contribution in [2.75, 3.05) is 0 Å². The molecule has 0 spiro atoms. The Balaban J connectivity index is 1.62. The van der Waals surface area contributed by atoms with Gasteiger partial charge in [-0.25, -0.2) is 0 Å². The maximum Gasteiger partial charge on any atom is 0.251 e. The van der Waals surface area contributed by atoms with Crippen LogP contribution in [0.2, 0.25) is 0 Å². The molecule has 5 heteroatoms. The molecule has 0 saturated heterocycles. The Bertz CT molecular complexity index is 984. The second kappa shape index (κ2) is 9.16. The lowest BCUT2D eigenvalue weighted by atomic mass is 9.87. The Morgan fingerprint density at radius 2 is 1.87 bits per heavy atom. The van der Waals surface area contributed by atoms with Gasteiger partial charge in [0, 0.05) is 18.3 Å². The van der Waals surface area contributed by atoms with Crippen molar-refractivity contribution in [1.82, 2.24) is 15.1 Å². The van der Waals surface area contributed by atoms with E-state index in [-0.39, 0.29) is 17.4 Å². The second-order valence-corrected chi connectivity index (χ2v) is 8.53. The van der Waals surface area contributed by atoms with E-state index in [2.05, 4.69) is 43.3 Å². The van der Waals surface area contributed by atoms with Crippen LogP contribution in [0.25, 0.3) is 0 Å². The Morgan fingerprint density at radius 1 is 1.13 bits per heavy atom. The van der Waals surface area contributed by atoms with Gasteiger partial charge in [0.2, 0.25) is 0 Å². The zero-order valence-corrected chi connectivity index (χ0v) is 18.5. The number of aromatic nitrogens is 2. The van der Waals surface area contributed by atoms with Gasteiger partial charge in [0.05, 0.1) is 11.7 Å². The van der Waals surface area contributed by atoms with Crippen LogP contribution in [-0.2, 0) is 18.6 Å². The summed E-state index contributed by atoms with van der Waals surface area (Å²) >= 11 is 0. The molecule has 0 saturated carbocycles. The Hall–Kier alpha value is -3.08. The molecule has 1 unspecified atom stereocenters. The number of nitrogens with one attached hydrogen (secondary N) is 1. The molecule has 0 bridgehead atoms. The van der Waals surface area contributed by atoms with E-state index in [0.717, 1.165) is 23.6 Å². The summed E-state index contributed by atoms with van der Waals surface area (Å²) in [5.41, 5.74) is 3.95. The van der Waals surface area contributed by atoms with Gasteiger partial charge in [-0.1, -0.05) is 45.0 Å². The maximum atomic E-state index is 12.7. The maximum absolute atomic E-state index is 12.7. The fourth-order valence-electron chi connectivity index (χ4n) is 3.35. The lowest BCUT2D eigenvalue weighted by Gasteiger charge is -2.19. The Labute approximate surface area is 179 Å². The van der Waals surface area contributed by atoms with Crippen LogP contribution in [-0.4, -0.2) is 15.7 Å². The molecule has 0 radical (unpaired) electrons. The second-order valence-electron chi connectivity index (χ2n) is 8.53. The highest BCUT2D eigenvalue weighted by Crippen LogP contribution is 2.24. The van der Waals surface area contributed by atoms with Crippen LogP contribution in [0, 0.1) is 0 Å². The van der Waals surface area contributed by atoms with Crippen molar-refractivity contribution in [3.05, 3.63) is 83.2 Å². The van der Waals surface area contributed by atoms with Gasteiger partial charge in [-0.15, -0.1) is 0 Å². The van der Waals surface area contributed by atoms with Crippen molar-refractivity contribution in [1.29, 1.82) is 0 Å². The van der Waals surface area contributed by atoms with E-state index >= 15 is 0 Å². The summed E-state index contributed by atoms with van der Waals surface area (Å²) in [7, 11) is 0. The van der Waals surface area contributed by atoms with Gasteiger partial charge in [0.1, 0.15) is 12.4 Å². The molecular weight excluding hydrogens is 374 g/mol. The van der Waals surface area contributed by atoms with E-state index in [1.165, 1.54) is 5.56 Å². The number of nitrogens with zero attached hydrogens (tertiary/aromatic N) is 2. The summed E-state index contributed by atoms with van der Waals surface area (Å²) in [6, 6.07) is 17.6. The largest absolute Gasteiger partial charge is 0.489 e.